The molecule has 5 heteroatoms. The highest BCUT2D eigenvalue weighted by molar-refractivity contribution is 14.1. The van der Waals surface area contributed by atoms with Gasteiger partial charge in [-0.3, -0.25) is 4.98 Å². The second-order valence-corrected chi connectivity index (χ2v) is 4.65. The highest BCUT2D eigenvalue weighted by Gasteiger charge is 2.09. The van der Waals surface area contributed by atoms with E-state index >= 15 is 0 Å². The average molecular weight is 342 g/mol. The standard InChI is InChI=1S/C9H3Cl2FIN/c10-5-1-4(12)2-7-8(5)9(11)6(13)3-14-7/h1-3H. The normalized spacial score (nSPS) is 10.9. The lowest BCUT2D eigenvalue weighted by atomic mass is 10.2. The highest BCUT2D eigenvalue weighted by atomic mass is 127. The molecule has 1 aromatic carbocycles. The molecule has 0 atom stereocenters. The minimum absolute atomic E-state index is 0.288. The molecule has 0 saturated carbocycles. The van der Waals surface area contributed by atoms with E-state index in [0.29, 0.717) is 15.9 Å². The molecule has 0 bridgehead atoms. The van der Waals surface area contributed by atoms with Crippen molar-refractivity contribution in [2.45, 2.75) is 0 Å². The molecule has 1 heterocycles. The third-order valence-corrected chi connectivity index (χ3v) is 3.61. The fraction of sp³-hybridized carbons (Fsp3) is 0. The van der Waals surface area contributed by atoms with Gasteiger partial charge in [0.05, 0.1) is 19.1 Å². The number of nitrogens with zero attached hydrogens (tertiary/aromatic N) is 1. The smallest absolute Gasteiger partial charge is 0.126 e. The number of halogens is 4. The fourth-order valence-corrected chi connectivity index (χ4v) is 2.18. The molecular weight excluding hydrogens is 339 g/mol. The number of rotatable bonds is 0. The van der Waals surface area contributed by atoms with E-state index in [1.165, 1.54) is 12.1 Å². The maximum Gasteiger partial charge on any atom is 0.126 e. The van der Waals surface area contributed by atoms with Crippen molar-refractivity contribution >= 4 is 56.7 Å². The largest absolute Gasteiger partial charge is 0.255 e. The van der Waals surface area contributed by atoms with Crippen LogP contribution in [0.3, 0.4) is 0 Å². The van der Waals surface area contributed by atoms with Gasteiger partial charge < -0.3 is 0 Å². The molecule has 2 aromatic rings. The SMILES string of the molecule is Fc1cc(Cl)c2c(Cl)c(I)cnc2c1. The van der Waals surface area contributed by atoms with E-state index in [0.717, 1.165) is 3.57 Å². The number of hydrogen-bond acceptors (Lipinski definition) is 1. The van der Waals surface area contributed by atoms with Crippen molar-refractivity contribution < 1.29 is 4.39 Å². The summed E-state index contributed by atoms with van der Waals surface area (Å²) in [5.41, 5.74) is 0.473. The number of hydrogen-bond donors (Lipinski definition) is 0. The molecule has 0 spiro atoms. The molecule has 0 saturated heterocycles. The first kappa shape index (κ1) is 10.4. The van der Waals surface area contributed by atoms with Crippen LogP contribution in [0.25, 0.3) is 10.9 Å². The molecule has 1 aromatic heterocycles. The summed E-state index contributed by atoms with van der Waals surface area (Å²) in [6.45, 7) is 0. The lowest BCUT2D eigenvalue weighted by Gasteiger charge is -2.04. The van der Waals surface area contributed by atoms with Gasteiger partial charge in [-0.05, 0) is 28.7 Å². The van der Waals surface area contributed by atoms with Crippen LogP contribution in [0.5, 0.6) is 0 Å². The maximum atomic E-state index is 13.0. The van der Waals surface area contributed by atoms with Crippen molar-refractivity contribution in [3.05, 3.63) is 37.8 Å². The first-order valence-electron chi connectivity index (χ1n) is 3.68. The van der Waals surface area contributed by atoms with Crippen LogP contribution >= 0.6 is 45.8 Å². The molecular formula is C9H3Cl2FIN. The van der Waals surface area contributed by atoms with E-state index in [2.05, 4.69) is 27.6 Å². The highest BCUT2D eigenvalue weighted by Crippen LogP contribution is 2.32. The van der Waals surface area contributed by atoms with Crippen LogP contribution in [0.4, 0.5) is 4.39 Å². The van der Waals surface area contributed by atoms with Crippen LogP contribution in [0.15, 0.2) is 18.3 Å². The Morgan fingerprint density at radius 1 is 1.29 bits per heavy atom. The minimum atomic E-state index is -0.410. The summed E-state index contributed by atoms with van der Waals surface area (Å²) in [4.78, 5) is 4.05. The predicted octanol–water partition coefficient (Wildman–Crippen LogP) is 4.29. The summed E-state index contributed by atoms with van der Waals surface area (Å²) in [6.07, 6.45) is 1.58. The van der Waals surface area contributed by atoms with Crippen LogP contribution in [-0.2, 0) is 0 Å². The lowest BCUT2D eigenvalue weighted by molar-refractivity contribution is 0.629. The number of fused-ring (bicyclic) bond motifs is 1. The molecule has 0 radical (unpaired) electrons. The van der Waals surface area contributed by atoms with Gasteiger partial charge in [-0.15, -0.1) is 0 Å². The zero-order chi connectivity index (χ0) is 10.3. The zero-order valence-corrected chi connectivity index (χ0v) is 10.4. The van der Waals surface area contributed by atoms with Crippen LogP contribution < -0.4 is 0 Å². The summed E-state index contributed by atoms with van der Waals surface area (Å²) in [6, 6.07) is 2.54. The summed E-state index contributed by atoms with van der Waals surface area (Å²) in [7, 11) is 0. The van der Waals surface area contributed by atoms with Gasteiger partial charge in [-0.25, -0.2) is 4.39 Å². The zero-order valence-electron chi connectivity index (χ0n) is 6.69. The van der Waals surface area contributed by atoms with Crippen molar-refractivity contribution in [3.63, 3.8) is 0 Å². The first-order chi connectivity index (χ1) is 6.59. The monoisotopic (exact) mass is 341 g/mol. The van der Waals surface area contributed by atoms with Gasteiger partial charge in [0.1, 0.15) is 5.82 Å². The molecule has 72 valence electrons. The van der Waals surface area contributed by atoms with Crippen LogP contribution in [0, 0.1) is 9.39 Å². The molecule has 1 nitrogen and oxygen atoms in total. The summed E-state index contributed by atoms with van der Waals surface area (Å²) >= 11 is 14.0. The Balaban J connectivity index is 2.95. The van der Waals surface area contributed by atoms with E-state index in [1.807, 2.05) is 0 Å². The second-order valence-electron chi connectivity index (χ2n) is 2.70. The van der Waals surface area contributed by atoms with Crippen molar-refractivity contribution in [1.82, 2.24) is 4.98 Å². The van der Waals surface area contributed by atoms with Gasteiger partial charge in [-0.2, -0.15) is 0 Å². The van der Waals surface area contributed by atoms with Gasteiger partial charge in [0, 0.05) is 17.6 Å². The summed E-state index contributed by atoms with van der Waals surface area (Å²) < 4.78 is 13.8. The molecule has 0 N–H and O–H groups in total. The predicted molar refractivity (Wildman–Crippen MR) is 64.4 cm³/mol. The molecule has 0 unspecified atom stereocenters. The third kappa shape index (κ3) is 1.68. The van der Waals surface area contributed by atoms with E-state index < -0.39 is 5.82 Å². The average Bonchev–Trinajstić information content (AvgIpc) is 2.10. The van der Waals surface area contributed by atoms with E-state index in [1.54, 1.807) is 6.20 Å². The van der Waals surface area contributed by atoms with Crippen LogP contribution in [-0.4, -0.2) is 4.98 Å². The molecule has 0 fully saturated rings. The molecule has 0 aliphatic heterocycles. The second kappa shape index (κ2) is 3.79. The Morgan fingerprint density at radius 2 is 2.00 bits per heavy atom. The molecule has 2 rings (SSSR count). The Morgan fingerprint density at radius 3 is 2.71 bits per heavy atom. The lowest BCUT2D eigenvalue weighted by Crippen LogP contribution is -1.86. The molecule has 0 amide bonds. The molecule has 0 aliphatic carbocycles. The van der Waals surface area contributed by atoms with E-state index in [-0.39, 0.29) is 5.02 Å². The molecule has 0 aliphatic rings. The van der Waals surface area contributed by atoms with Gasteiger partial charge in [-0.1, -0.05) is 23.2 Å². The van der Waals surface area contributed by atoms with Crippen molar-refractivity contribution in [3.8, 4) is 0 Å². The Hall–Kier alpha value is -0.130. The summed E-state index contributed by atoms with van der Waals surface area (Å²) in [5.74, 6) is -0.410. The maximum absolute atomic E-state index is 13.0. The van der Waals surface area contributed by atoms with Gasteiger partial charge in [0.25, 0.3) is 0 Å². The van der Waals surface area contributed by atoms with Gasteiger partial charge >= 0.3 is 0 Å². The van der Waals surface area contributed by atoms with Crippen LogP contribution in [0.2, 0.25) is 10.0 Å². The van der Waals surface area contributed by atoms with Crippen molar-refractivity contribution in [1.29, 1.82) is 0 Å². The number of aromatic nitrogens is 1. The Labute approximate surface area is 103 Å². The van der Waals surface area contributed by atoms with Crippen molar-refractivity contribution in [2.75, 3.05) is 0 Å². The minimum Gasteiger partial charge on any atom is -0.255 e. The van der Waals surface area contributed by atoms with E-state index in [4.69, 9.17) is 23.2 Å². The third-order valence-electron chi connectivity index (χ3n) is 1.78. The number of benzene rings is 1. The number of pyridine rings is 1. The molecule has 14 heavy (non-hydrogen) atoms. The quantitative estimate of drug-likeness (QED) is 0.651. The van der Waals surface area contributed by atoms with Crippen molar-refractivity contribution in [2.24, 2.45) is 0 Å². The fourth-order valence-electron chi connectivity index (χ4n) is 1.18. The topological polar surface area (TPSA) is 12.9 Å². The first-order valence-corrected chi connectivity index (χ1v) is 5.52. The van der Waals surface area contributed by atoms with Crippen LogP contribution in [0.1, 0.15) is 0 Å². The van der Waals surface area contributed by atoms with Gasteiger partial charge in [0.15, 0.2) is 0 Å². The van der Waals surface area contributed by atoms with Gasteiger partial charge in [0.2, 0.25) is 0 Å². The van der Waals surface area contributed by atoms with E-state index in [9.17, 15) is 4.39 Å². The Bertz CT molecular complexity index is 516. The Kier molecular flexibility index (Phi) is 2.81. The summed E-state index contributed by atoms with van der Waals surface area (Å²) in [5, 5.41) is 1.40.